The average molecular weight is 529 g/mol. The predicted molar refractivity (Wildman–Crippen MR) is 135 cm³/mol. The molecule has 33 heavy (non-hydrogen) atoms. The van der Waals surface area contributed by atoms with E-state index in [1.54, 1.807) is 10.7 Å². The maximum atomic E-state index is 11.9. The summed E-state index contributed by atoms with van der Waals surface area (Å²) < 4.78 is 29.1. The molecule has 2 heterocycles. The summed E-state index contributed by atoms with van der Waals surface area (Å²) in [6.45, 7) is 2.63. The molecule has 0 fully saturated rings. The molecule has 0 bridgehead atoms. The maximum absolute atomic E-state index is 11.9. The number of para-hydroxylation sites is 1. The van der Waals surface area contributed by atoms with Crippen LogP contribution in [0.3, 0.4) is 0 Å². The minimum atomic E-state index is -3.25. The number of nitrogens with two attached hydrogens (primary N) is 1. The van der Waals surface area contributed by atoms with Gasteiger partial charge in [-0.3, -0.25) is 0 Å². The number of aromatic nitrogens is 3. The predicted octanol–water partition coefficient (Wildman–Crippen LogP) is 4.18. The molecular formula is C23H25BrN6O2S. The summed E-state index contributed by atoms with van der Waals surface area (Å²) in [4.78, 5) is 4.73. The number of hydrogen-bond acceptors (Lipinski definition) is 6. The Morgan fingerprint density at radius 1 is 1.06 bits per heavy atom. The first-order valence-electron chi connectivity index (χ1n) is 10.5. The first-order chi connectivity index (χ1) is 15.9. The van der Waals surface area contributed by atoms with E-state index in [1.807, 2.05) is 61.5 Å². The zero-order valence-electron chi connectivity index (χ0n) is 18.1. The van der Waals surface area contributed by atoms with E-state index >= 15 is 0 Å². The molecule has 2 aromatic heterocycles. The van der Waals surface area contributed by atoms with Gasteiger partial charge in [0, 0.05) is 30.4 Å². The Bertz CT molecular complexity index is 1390. The molecule has 0 atom stereocenters. The molecule has 10 heteroatoms. The number of nitrogens with zero attached hydrogens (tertiary/aromatic N) is 3. The number of hydrogen-bond donors (Lipinski definition) is 3. The van der Waals surface area contributed by atoms with E-state index in [0.29, 0.717) is 24.3 Å². The molecule has 0 spiro atoms. The SMILES string of the molecule is CCCS(=O)(=O)NCc1cccc(CNc2cc(-c3ccccc3N)nc3c(Br)cnn23)c1. The molecule has 0 saturated heterocycles. The Labute approximate surface area is 201 Å². The van der Waals surface area contributed by atoms with Crippen molar-refractivity contribution in [3.8, 4) is 11.3 Å². The van der Waals surface area contributed by atoms with E-state index in [0.717, 1.165) is 32.7 Å². The zero-order chi connectivity index (χ0) is 23.4. The normalized spacial score (nSPS) is 11.7. The Morgan fingerprint density at radius 2 is 1.82 bits per heavy atom. The van der Waals surface area contributed by atoms with Gasteiger partial charge in [-0.25, -0.2) is 18.1 Å². The van der Waals surface area contributed by atoms with E-state index < -0.39 is 10.0 Å². The standard InChI is InChI=1S/C23H25BrN6O2S/c1-2-10-33(31,32)28-14-17-7-5-6-16(11-17)13-26-22-12-21(18-8-3-4-9-20(18)25)29-23-19(24)15-27-30(22)23/h3-9,11-12,15,26,28H,2,10,13-14,25H2,1H3. The van der Waals surface area contributed by atoms with Crippen molar-refractivity contribution in [2.75, 3.05) is 16.8 Å². The second kappa shape index (κ2) is 9.90. The highest BCUT2D eigenvalue weighted by Crippen LogP contribution is 2.29. The van der Waals surface area contributed by atoms with Crippen LogP contribution in [0.5, 0.6) is 0 Å². The number of fused-ring (bicyclic) bond motifs is 1. The highest BCUT2D eigenvalue weighted by molar-refractivity contribution is 9.10. The van der Waals surface area contributed by atoms with Crippen molar-refractivity contribution < 1.29 is 8.42 Å². The maximum Gasteiger partial charge on any atom is 0.211 e. The van der Waals surface area contributed by atoms with Crippen LogP contribution in [0, 0.1) is 0 Å². The van der Waals surface area contributed by atoms with Gasteiger partial charge in [-0.2, -0.15) is 9.61 Å². The lowest BCUT2D eigenvalue weighted by Gasteiger charge is -2.13. The van der Waals surface area contributed by atoms with E-state index in [2.05, 4.69) is 31.1 Å². The first-order valence-corrected chi connectivity index (χ1v) is 13.0. The van der Waals surface area contributed by atoms with Crippen LogP contribution in [-0.2, 0) is 23.1 Å². The van der Waals surface area contributed by atoms with Crippen LogP contribution >= 0.6 is 15.9 Å². The number of halogens is 1. The van der Waals surface area contributed by atoms with Gasteiger partial charge in [-0.05, 0) is 39.5 Å². The zero-order valence-corrected chi connectivity index (χ0v) is 20.5. The van der Waals surface area contributed by atoms with Crippen molar-refractivity contribution in [2.45, 2.75) is 26.4 Å². The number of anilines is 2. The summed E-state index contributed by atoms with van der Waals surface area (Å²) in [6.07, 6.45) is 2.29. The summed E-state index contributed by atoms with van der Waals surface area (Å²) in [6, 6.07) is 17.3. The Hall–Kier alpha value is -2.95. The smallest absolute Gasteiger partial charge is 0.211 e. The fourth-order valence-electron chi connectivity index (χ4n) is 3.51. The number of sulfonamides is 1. The monoisotopic (exact) mass is 528 g/mol. The molecular weight excluding hydrogens is 504 g/mol. The van der Waals surface area contributed by atoms with Gasteiger partial charge in [-0.1, -0.05) is 49.4 Å². The van der Waals surface area contributed by atoms with Crippen LogP contribution in [0.2, 0.25) is 0 Å². The average Bonchev–Trinajstić information content (AvgIpc) is 3.17. The lowest BCUT2D eigenvalue weighted by Crippen LogP contribution is -2.25. The van der Waals surface area contributed by atoms with E-state index in [-0.39, 0.29) is 12.3 Å². The molecule has 4 rings (SSSR count). The van der Waals surface area contributed by atoms with Crippen molar-refractivity contribution in [1.82, 2.24) is 19.3 Å². The summed E-state index contributed by atoms with van der Waals surface area (Å²) in [5, 5.41) is 7.84. The van der Waals surface area contributed by atoms with Crippen molar-refractivity contribution in [2.24, 2.45) is 0 Å². The molecule has 0 saturated carbocycles. The van der Waals surface area contributed by atoms with Crippen LogP contribution in [-0.4, -0.2) is 28.8 Å². The van der Waals surface area contributed by atoms with Crippen molar-refractivity contribution in [1.29, 1.82) is 0 Å². The van der Waals surface area contributed by atoms with Crippen molar-refractivity contribution >= 4 is 43.1 Å². The largest absolute Gasteiger partial charge is 0.398 e. The summed E-state index contributed by atoms with van der Waals surface area (Å²) >= 11 is 3.52. The molecule has 0 amide bonds. The molecule has 8 nitrogen and oxygen atoms in total. The minimum Gasteiger partial charge on any atom is -0.398 e. The van der Waals surface area contributed by atoms with Gasteiger partial charge in [0.15, 0.2) is 5.65 Å². The summed E-state index contributed by atoms with van der Waals surface area (Å²) in [5.74, 6) is 0.887. The second-order valence-electron chi connectivity index (χ2n) is 7.66. The third-order valence-corrected chi connectivity index (χ3v) is 7.19. The van der Waals surface area contributed by atoms with Gasteiger partial charge in [-0.15, -0.1) is 0 Å². The number of rotatable bonds is 9. The van der Waals surface area contributed by atoms with E-state index in [9.17, 15) is 8.42 Å². The topological polar surface area (TPSA) is 114 Å². The highest BCUT2D eigenvalue weighted by Gasteiger charge is 2.13. The van der Waals surface area contributed by atoms with Gasteiger partial charge < -0.3 is 11.1 Å². The lowest BCUT2D eigenvalue weighted by atomic mass is 10.1. The van der Waals surface area contributed by atoms with Crippen LogP contribution in [0.1, 0.15) is 24.5 Å². The van der Waals surface area contributed by atoms with Crippen LogP contribution in [0.25, 0.3) is 16.9 Å². The van der Waals surface area contributed by atoms with Crippen LogP contribution in [0.15, 0.2) is 65.3 Å². The molecule has 172 valence electrons. The molecule has 0 aliphatic rings. The van der Waals surface area contributed by atoms with Crippen LogP contribution < -0.4 is 15.8 Å². The molecule has 0 radical (unpaired) electrons. The number of nitrogens with one attached hydrogen (secondary N) is 2. The third kappa shape index (κ3) is 5.52. The molecule has 4 N–H and O–H groups in total. The summed E-state index contributed by atoms with van der Waals surface area (Å²) in [5.41, 5.74) is 11.0. The Morgan fingerprint density at radius 3 is 2.58 bits per heavy atom. The molecule has 2 aromatic carbocycles. The van der Waals surface area contributed by atoms with Crippen molar-refractivity contribution in [3.05, 3.63) is 76.4 Å². The van der Waals surface area contributed by atoms with Gasteiger partial charge in [0.25, 0.3) is 0 Å². The summed E-state index contributed by atoms with van der Waals surface area (Å²) in [7, 11) is -3.25. The van der Waals surface area contributed by atoms with Crippen molar-refractivity contribution in [3.63, 3.8) is 0 Å². The van der Waals surface area contributed by atoms with E-state index in [1.165, 1.54) is 0 Å². The minimum absolute atomic E-state index is 0.125. The van der Waals surface area contributed by atoms with E-state index in [4.69, 9.17) is 10.7 Å². The molecule has 0 aliphatic heterocycles. The van der Waals surface area contributed by atoms with Gasteiger partial charge in [0.1, 0.15) is 5.82 Å². The Balaban J connectivity index is 1.57. The second-order valence-corrected chi connectivity index (χ2v) is 10.4. The number of nitrogen functional groups attached to an aromatic ring is 1. The quantitative estimate of drug-likeness (QED) is 0.280. The fourth-order valence-corrected chi connectivity index (χ4v) is 4.92. The van der Waals surface area contributed by atoms with Crippen LogP contribution in [0.4, 0.5) is 11.5 Å². The van der Waals surface area contributed by atoms with Gasteiger partial charge in [0.2, 0.25) is 10.0 Å². The Kier molecular flexibility index (Phi) is 6.96. The van der Waals surface area contributed by atoms with Gasteiger partial charge >= 0.3 is 0 Å². The molecule has 4 aromatic rings. The fraction of sp³-hybridized carbons (Fsp3) is 0.217. The third-order valence-electron chi connectivity index (χ3n) is 5.10. The molecule has 0 aliphatic carbocycles. The number of benzene rings is 2. The highest BCUT2D eigenvalue weighted by atomic mass is 79.9. The first kappa shape index (κ1) is 23.2. The van der Waals surface area contributed by atoms with Gasteiger partial charge in [0.05, 0.1) is 22.1 Å². The molecule has 0 unspecified atom stereocenters. The lowest BCUT2D eigenvalue weighted by molar-refractivity contribution is 0.580.